The van der Waals surface area contributed by atoms with Gasteiger partial charge in [-0.05, 0) is 24.6 Å². The van der Waals surface area contributed by atoms with E-state index in [4.69, 9.17) is 4.74 Å². The number of carbonyl (C=O) groups excluding carboxylic acids is 1. The van der Waals surface area contributed by atoms with Crippen LogP contribution in [0.5, 0.6) is 5.75 Å². The fourth-order valence-corrected chi connectivity index (χ4v) is 2.47. The summed E-state index contributed by atoms with van der Waals surface area (Å²) in [5, 5.41) is 0. The van der Waals surface area contributed by atoms with Crippen molar-refractivity contribution in [3.8, 4) is 17.2 Å². The number of ether oxygens (including phenoxy) is 1. The Morgan fingerprint density at radius 1 is 1.09 bits per heavy atom. The van der Waals surface area contributed by atoms with E-state index in [-0.39, 0.29) is 12.4 Å². The maximum Gasteiger partial charge on any atom is 0.200 e. The number of hydrogen-bond acceptors (Lipinski definition) is 2. The van der Waals surface area contributed by atoms with Crippen LogP contribution in [-0.2, 0) is 0 Å². The first kappa shape index (κ1) is 17.0. The summed E-state index contributed by atoms with van der Waals surface area (Å²) in [6.07, 6.45) is 0. The van der Waals surface area contributed by atoms with Crippen molar-refractivity contribution in [2.75, 3.05) is 6.61 Å². The minimum Gasteiger partial charge on any atom is -0.484 e. The Hall–Kier alpha value is -2.31. The zero-order chi connectivity index (χ0) is 16.9. The second-order valence-corrected chi connectivity index (χ2v) is 11.3. The first-order chi connectivity index (χ1) is 10.8. The van der Waals surface area contributed by atoms with E-state index in [0.29, 0.717) is 11.3 Å². The number of benzene rings is 2. The van der Waals surface area contributed by atoms with Gasteiger partial charge in [0.15, 0.2) is 12.4 Å². The fraction of sp³-hybridized carbons (Fsp3) is 0.250. The number of rotatable bonds is 4. The monoisotopic (exact) mass is 322 g/mol. The number of aryl methyl sites for hydroxylation is 1. The van der Waals surface area contributed by atoms with Crippen LogP contribution in [0.3, 0.4) is 0 Å². The SMILES string of the molecule is Cc1ccc(C#C[Si](C)(C)C)c(OCC(=O)c2ccccc2)c1. The average molecular weight is 322 g/mol. The lowest BCUT2D eigenvalue weighted by molar-refractivity contribution is 0.0921. The Morgan fingerprint density at radius 2 is 1.78 bits per heavy atom. The smallest absolute Gasteiger partial charge is 0.200 e. The Kier molecular flexibility index (Phi) is 5.41. The molecule has 0 saturated carbocycles. The second-order valence-electron chi connectivity index (χ2n) is 6.58. The van der Waals surface area contributed by atoms with Crippen molar-refractivity contribution in [3.05, 3.63) is 65.2 Å². The Bertz CT molecular complexity index is 747. The van der Waals surface area contributed by atoms with Gasteiger partial charge in [0, 0.05) is 5.56 Å². The molecule has 0 saturated heterocycles. The number of Topliss-reactive ketones (excluding diaryl/α,β-unsaturated/α-hetero) is 1. The molecule has 0 amide bonds. The predicted molar refractivity (Wildman–Crippen MR) is 97.7 cm³/mol. The molecule has 0 aliphatic rings. The van der Waals surface area contributed by atoms with E-state index in [1.807, 2.05) is 43.3 Å². The van der Waals surface area contributed by atoms with E-state index >= 15 is 0 Å². The quantitative estimate of drug-likeness (QED) is 0.471. The average Bonchev–Trinajstić information content (AvgIpc) is 2.51. The van der Waals surface area contributed by atoms with Gasteiger partial charge < -0.3 is 4.74 Å². The minimum atomic E-state index is -1.46. The highest BCUT2D eigenvalue weighted by molar-refractivity contribution is 6.83. The molecule has 2 nitrogen and oxygen atoms in total. The van der Waals surface area contributed by atoms with Crippen molar-refractivity contribution in [2.45, 2.75) is 26.6 Å². The molecule has 23 heavy (non-hydrogen) atoms. The molecular weight excluding hydrogens is 300 g/mol. The van der Waals surface area contributed by atoms with Crippen LogP contribution in [-0.4, -0.2) is 20.5 Å². The highest BCUT2D eigenvalue weighted by atomic mass is 28.3. The van der Waals surface area contributed by atoms with Gasteiger partial charge in [-0.1, -0.05) is 62.0 Å². The highest BCUT2D eigenvalue weighted by Crippen LogP contribution is 2.20. The van der Waals surface area contributed by atoms with Gasteiger partial charge in [0.25, 0.3) is 0 Å². The maximum absolute atomic E-state index is 12.2. The molecule has 0 atom stereocenters. The van der Waals surface area contributed by atoms with Gasteiger partial charge >= 0.3 is 0 Å². The van der Waals surface area contributed by atoms with Gasteiger partial charge in [-0.15, -0.1) is 5.54 Å². The van der Waals surface area contributed by atoms with Crippen molar-refractivity contribution in [2.24, 2.45) is 0 Å². The lowest BCUT2D eigenvalue weighted by atomic mass is 10.1. The molecule has 0 heterocycles. The molecule has 0 fully saturated rings. The van der Waals surface area contributed by atoms with Crippen molar-refractivity contribution < 1.29 is 9.53 Å². The molecule has 3 heteroatoms. The zero-order valence-corrected chi connectivity index (χ0v) is 15.1. The van der Waals surface area contributed by atoms with Gasteiger partial charge in [-0.25, -0.2) is 0 Å². The minimum absolute atomic E-state index is 0.0229. The molecule has 0 bridgehead atoms. The molecule has 2 aromatic rings. The normalized spacial score (nSPS) is 10.6. The maximum atomic E-state index is 12.2. The van der Waals surface area contributed by atoms with Crippen LogP contribution >= 0.6 is 0 Å². The predicted octanol–water partition coefficient (Wildman–Crippen LogP) is 4.49. The van der Waals surface area contributed by atoms with Crippen molar-refractivity contribution in [1.29, 1.82) is 0 Å². The molecule has 0 aliphatic heterocycles. The van der Waals surface area contributed by atoms with E-state index in [0.717, 1.165) is 11.1 Å². The third-order valence-electron chi connectivity index (χ3n) is 3.16. The van der Waals surface area contributed by atoms with Gasteiger partial charge in [-0.2, -0.15) is 0 Å². The molecule has 0 aromatic heterocycles. The lowest BCUT2D eigenvalue weighted by Crippen LogP contribution is -2.16. The summed E-state index contributed by atoms with van der Waals surface area (Å²) in [4.78, 5) is 12.2. The largest absolute Gasteiger partial charge is 0.484 e. The summed E-state index contributed by atoms with van der Waals surface area (Å²) in [6, 6.07) is 15.1. The van der Waals surface area contributed by atoms with E-state index in [1.165, 1.54) is 0 Å². The molecule has 2 aromatic carbocycles. The van der Waals surface area contributed by atoms with Crippen molar-refractivity contribution in [1.82, 2.24) is 0 Å². The third-order valence-corrected chi connectivity index (χ3v) is 4.04. The summed E-state index contributed by atoms with van der Waals surface area (Å²) < 4.78 is 5.76. The Labute approximate surface area is 139 Å². The standard InChI is InChI=1S/C20H22O2Si/c1-16-10-11-18(12-13-23(2,3)4)20(14-16)22-15-19(21)17-8-6-5-7-9-17/h5-11,14H,15H2,1-4H3. The molecular formula is C20H22O2Si. The van der Waals surface area contributed by atoms with E-state index in [9.17, 15) is 4.79 Å². The van der Waals surface area contributed by atoms with Gasteiger partial charge in [0.1, 0.15) is 13.8 Å². The zero-order valence-electron chi connectivity index (χ0n) is 14.1. The van der Waals surface area contributed by atoms with Gasteiger partial charge in [0.05, 0.1) is 5.56 Å². The molecule has 0 aliphatic carbocycles. The number of hydrogen-bond donors (Lipinski definition) is 0. The summed E-state index contributed by atoms with van der Waals surface area (Å²) in [6.45, 7) is 8.63. The molecule has 118 valence electrons. The molecule has 0 spiro atoms. The third kappa shape index (κ3) is 5.43. The first-order valence-corrected chi connectivity index (χ1v) is 11.2. The summed E-state index contributed by atoms with van der Waals surface area (Å²) in [5.74, 6) is 3.87. The van der Waals surface area contributed by atoms with Crippen LogP contribution in [0.25, 0.3) is 0 Å². The Balaban J connectivity index is 2.17. The van der Waals surface area contributed by atoms with Gasteiger partial charge in [0.2, 0.25) is 0 Å². The summed E-state index contributed by atoms with van der Waals surface area (Å²) in [5.41, 5.74) is 5.94. The Morgan fingerprint density at radius 3 is 2.43 bits per heavy atom. The van der Waals surface area contributed by atoms with E-state index in [1.54, 1.807) is 12.1 Å². The summed E-state index contributed by atoms with van der Waals surface area (Å²) >= 11 is 0. The molecule has 0 unspecified atom stereocenters. The topological polar surface area (TPSA) is 26.3 Å². The van der Waals surface area contributed by atoms with Crippen LogP contribution in [0.2, 0.25) is 19.6 Å². The van der Waals surface area contributed by atoms with Crippen LogP contribution < -0.4 is 4.74 Å². The number of carbonyl (C=O) groups is 1. The number of ketones is 1. The highest BCUT2D eigenvalue weighted by Gasteiger charge is 2.10. The van der Waals surface area contributed by atoms with E-state index in [2.05, 4.69) is 31.1 Å². The first-order valence-electron chi connectivity index (χ1n) is 7.70. The van der Waals surface area contributed by atoms with E-state index < -0.39 is 8.07 Å². The summed E-state index contributed by atoms with van der Waals surface area (Å²) in [7, 11) is -1.46. The van der Waals surface area contributed by atoms with Crippen LogP contribution in [0.15, 0.2) is 48.5 Å². The van der Waals surface area contributed by atoms with Gasteiger partial charge in [-0.3, -0.25) is 4.79 Å². The van der Waals surface area contributed by atoms with Crippen LogP contribution in [0.4, 0.5) is 0 Å². The fourth-order valence-electron chi connectivity index (χ4n) is 1.96. The van der Waals surface area contributed by atoms with Crippen molar-refractivity contribution in [3.63, 3.8) is 0 Å². The molecule has 0 N–H and O–H groups in total. The molecule has 2 rings (SSSR count). The van der Waals surface area contributed by atoms with Crippen LogP contribution in [0.1, 0.15) is 21.5 Å². The molecule has 0 radical (unpaired) electrons. The second kappa shape index (κ2) is 7.30. The lowest BCUT2D eigenvalue weighted by Gasteiger charge is -2.10. The van der Waals surface area contributed by atoms with Crippen molar-refractivity contribution >= 4 is 13.9 Å². The van der Waals surface area contributed by atoms with Crippen LogP contribution in [0, 0.1) is 18.4 Å².